The van der Waals surface area contributed by atoms with Gasteiger partial charge in [-0.1, -0.05) is 13.8 Å². The zero-order valence-electron chi connectivity index (χ0n) is 12.4. The molecule has 114 valence electrons. The van der Waals surface area contributed by atoms with E-state index in [2.05, 4.69) is 33.9 Å². The Bertz CT molecular complexity index is 486. The summed E-state index contributed by atoms with van der Waals surface area (Å²) in [5.41, 5.74) is 1.44. The Kier molecular flexibility index (Phi) is 7.04. The first-order valence-corrected chi connectivity index (χ1v) is 8.52. The van der Waals surface area contributed by atoms with Gasteiger partial charge in [-0.05, 0) is 26.3 Å². The molecule has 0 aromatic carbocycles. The summed E-state index contributed by atoms with van der Waals surface area (Å²) in [6, 6.07) is 0.435. The third-order valence-corrected chi connectivity index (χ3v) is 4.11. The van der Waals surface area contributed by atoms with Crippen LogP contribution in [0.4, 0.5) is 0 Å². The Morgan fingerprint density at radius 3 is 2.55 bits per heavy atom. The molecule has 2 N–H and O–H groups in total. The van der Waals surface area contributed by atoms with E-state index >= 15 is 0 Å². The summed E-state index contributed by atoms with van der Waals surface area (Å²) in [6.45, 7) is 7.02. The van der Waals surface area contributed by atoms with Gasteiger partial charge in [0, 0.05) is 12.2 Å². The van der Waals surface area contributed by atoms with Gasteiger partial charge in [-0.25, -0.2) is 13.1 Å². The van der Waals surface area contributed by atoms with Crippen molar-refractivity contribution in [2.75, 3.05) is 12.3 Å². The minimum Gasteiger partial charge on any atom is -0.315 e. The van der Waals surface area contributed by atoms with E-state index in [1.165, 1.54) is 0 Å². The molecule has 0 saturated heterocycles. The molecule has 1 heterocycles. The van der Waals surface area contributed by atoms with Crippen LogP contribution in [0.5, 0.6) is 0 Å². The van der Waals surface area contributed by atoms with E-state index in [-0.39, 0.29) is 12.3 Å². The lowest BCUT2D eigenvalue weighted by atomic mass is 10.3. The third-order valence-electron chi connectivity index (χ3n) is 2.70. The van der Waals surface area contributed by atoms with Crippen LogP contribution in [-0.4, -0.2) is 36.7 Å². The van der Waals surface area contributed by atoms with Crippen molar-refractivity contribution in [1.29, 1.82) is 0 Å². The van der Waals surface area contributed by atoms with Gasteiger partial charge in [-0.3, -0.25) is 9.97 Å². The smallest absolute Gasteiger partial charge is 0.211 e. The maximum atomic E-state index is 11.8. The minimum atomic E-state index is -3.24. The number of hydrogen-bond donors (Lipinski definition) is 2. The van der Waals surface area contributed by atoms with Gasteiger partial charge in [0.1, 0.15) is 0 Å². The van der Waals surface area contributed by atoms with Crippen molar-refractivity contribution >= 4 is 10.0 Å². The number of sulfonamides is 1. The van der Waals surface area contributed by atoms with Crippen LogP contribution in [0.2, 0.25) is 0 Å². The van der Waals surface area contributed by atoms with Crippen LogP contribution in [0.1, 0.15) is 38.1 Å². The van der Waals surface area contributed by atoms with Crippen LogP contribution in [-0.2, 0) is 16.6 Å². The van der Waals surface area contributed by atoms with Crippen LogP contribution in [0.15, 0.2) is 12.4 Å². The highest BCUT2D eigenvalue weighted by Gasteiger charge is 2.10. The first-order valence-electron chi connectivity index (χ1n) is 6.87. The van der Waals surface area contributed by atoms with Crippen molar-refractivity contribution in [3.05, 3.63) is 23.8 Å². The average molecular weight is 300 g/mol. The normalized spacial score (nSPS) is 12.0. The van der Waals surface area contributed by atoms with E-state index in [0.717, 1.165) is 18.7 Å². The highest BCUT2D eigenvalue weighted by Crippen LogP contribution is 1.98. The van der Waals surface area contributed by atoms with Gasteiger partial charge in [0.05, 0.1) is 29.9 Å². The van der Waals surface area contributed by atoms with Gasteiger partial charge in [0.15, 0.2) is 0 Å². The van der Waals surface area contributed by atoms with Crippen molar-refractivity contribution in [3.63, 3.8) is 0 Å². The largest absolute Gasteiger partial charge is 0.315 e. The Hall–Kier alpha value is -1.05. The van der Waals surface area contributed by atoms with Crippen LogP contribution in [0.25, 0.3) is 0 Å². The maximum absolute atomic E-state index is 11.8. The summed E-state index contributed by atoms with van der Waals surface area (Å²) in [7, 11) is -3.24. The van der Waals surface area contributed by atoms with E-state index in [1.807, 2.05) is 6.92 Å². The molecule has 6 nitrogen and oxygen atoms in total. The van der Waals surface area contributed by atoms with Crippen molar-refractivity contribution in [2.24, 2.45) is 0 Å². The molecule has 0 aliphatic heterocycles. The van der Waals surface area contributed by atoms with E-state index in [0.29, 0.717) is 18.2 Å². The maximum Gasteiger partial charge on any atom is 0.211 e. The summed E-state index contributed by atoms with van der Waals surface area (Å²) >= 11 is 0. The zero-order valence-corrected chi connectivity index (χ0v) is 13.2. The minimum absolute atomic E-state index is 0.145. The summed E-state index contributed by atoms with van der Waals surface area (Å²) in [6.07, 6.45) is 4.71. The Labute approximate surface area is 121 Å². The molecule has 1 rings (SSSR count). The molecule has 0 radical (unpaired) electrons. The molecule has 0 unspecified atom stereocenters. The first kappa shape index (κ1) is 17.0. The molecule has 0 saturated carbocycles. The second-order valence-corrected chi connectivity index (χ2v) is 7.03. The summed E-state index contributed by atoms with van der Waals surface area (Å²) in [5.74, 6) is 0.145. The highest BCUT2D eigenvalue weighted by molar-refractivity contribution is 7.89. The number of nitrogens with zero attached hydrogens (tertiary/aromatic N) is 2. The van der Waals surface area contributed by atoms with Crippen molar-refractivity contribution in [3.8, 4) is 0 Å². The molecule has 0 fully saturated rings. The molecule has 0 spiro atoms. The third kappa shape index (κ3) is 7.52. The highest BCUT2D eigenvalue weighted by atomic mass is 32.2. The van der Waals surface area contributed by atoms with E-state index < -0.39 is 10.0 Å². The standard InChI is InChI=1S/C13H24N4O2S/c1-11(2)14-6-4-5-7-20(18,19)17-10-13-9-15-12(3)8-16-13/h8-9,11,14,17H,4-7,10H2,1-3H3. The number of rotatable bonds is 9. The van der Waals surface area contributed by atoms with Gasteiger partial charge < -0.3 is 5.32 Å². The van der Waals surface area contributed by atoms with E-state index in [9.17, 15) is 8.42 Å². The van der Waals surface area contributed by atoms with Crippen molar-refractivity contribution in [2.45, 2.75) is 46.2 Å². The fraction of sp³-hybridized carbons (Fsp3) is 0.692. The topological polar surface area (TPSA) is 84.0 Å². The lowest BCUT2D eigenvalue weighted by molar-refractivity contribution is 0.555. The SMILES string of the molecule is Cc1cnc(CNS(=O)(=O)CCCCNC(C)C)cn1. The summed E-state index contributed by atoms with van der Waals surface area (Å²) < 4.78 is 26.1. The molecule has 0 aliphatic carbocycles. The van der Waals surface area contributed by atoms with Gasteiger partial charge in [-0.15, -0.1) is 0 Å². The second-order valence-electron chi connectivity index (χ2n) is 5.11. The second kappa shape index (κ2) is 8.28. The van der Waals surface area contributed by atoms with Crippen LogP contribution in [0.3, 0.4) is 0 Å². The summed E-state index contributed by atoms with van der Waals surface area (Å²) in [4.78, 5) is 8.19. The Morgan fingerprint density at radius 2 is 1.95 bits per heavy atom. The van der Waals surface area contributed by atoms with Gasteiger partial charge in [-0.2, -0.15) is 0 Å². The van der Waals surface area contributed by atoms with Gasteiger partial charge in [0.2, 0.25) is 10.0 Å². The molecule has 0 amide bonds. The van der Waals surface area contributed by atoms with Crippen LogP contribution >= 0.6 is 0 Å². The molecule has 20 heavy (non-hydrogen) atoms. The predicted molar refractivity (Wildman–Crippen MR) is 79.8 cm³/mol. The molecule has 1 aromatic heterocycles. The van der Waals surface area contributed by atoms with Crippen LogP contribution in [0, 0.1) is 6.92 Å². The molecule has 0 atom stereocenters. The number of nitrogens with one attached hydrogen (secondary N) is 2. The molecule has 1 aromatic rings. The van der Waals surface area contributed by atoms with E-state index in [4.69, 9.17) is 0 Å². The molecular formula is C13H24N4O2S. The number of aromatic nitrogens is 2. The van der Waals surface area contributed by atoms with Crippen molar-refractivity contribution in [1.82, 2.24) is 20.0 Å². The van der Waals surface area contributed by atoms with Crippen molar-refractivity contribution < 1.29 is 8.42 Å². The average Bonchev–Trinajstić information content (AvgIpc) is 2.37. The first-order chi connectivity index (χ1) is 9.39. The zero-order chi connectivity index (χ0) is 15.0. The number of aryl methyl sites for hydroxylation is 1. The van der Waals surface area contributed by atoms with Gasteiger partial charge in [0.25, 0.3) is 0 Å². The Balaban J connectivity index is 2.26. The predicted octanol–water partition coefficient (Wildman–Crippen LogP) is 0.983. The molecular weight excluding hydrogens is 276 g/mol. The number of hydrogen-bond acceptors (Lipinski definition) is 5. The summed E-state index contributed by atoms with van der Waals surface area (Å²) in [5, 5.41) is 3.26. The molecule has 7 heteroatoms. The molecule has 0 aliphatic rings. The van der Waals surface area contributed by atoms with E-state index in [1.54, 1.807) is 12.4 Å². The van der Waals surface area contributed by atoms with Gasteiger partial charge >= 0.3 is 0 Å². The lowest BCUT2D eigenvalue weighted by Gasteiger charge is -2.08. The lowest BCUT2D eigenvalue weighted by Crippen LogP contribution is -2.28. The van der Waals surface area contributed by atoms with Crippen LogP contribution < -0.4 is 10.0 Å². The Morgan fingerprint density at radius 1 is 1.20 bits per heavy atom. The fourth-order valence-corrected chi connectivity index (χ4v) is 2.67. The fourth-order valence-electron chi connectivity index (χ4n) is 1.57. The number of unbranched alkanes of at least 4 members (excludes halogenated alkanes) is 1. The monoisotopic (exact) mass is 300 g/mol. The molecule has 0 bridgehead atoms. The quantitative estimate of drug-likeness (QED) is 0.664.